The maximum Gasteiger partial charge on any atom is 0.236 e. The first kappa shape index (κ1) is 15.1. The lowest BCUT2D eigenvalue weighted by atomic mass is 9.83. The van der Waals surface area contributed by atoms with E-state index in [9.17, 15) is 4.79 Å². The largest absolute Gasteiger partial charge is 0.409 e. The van der Waals surface area contributed by atoms with Crippen LogP contribution in [0.3, 0.4) is 0 Å². The molecule has 2 rings (SSSR count). The third kappa shape index (κ3) is 2.90. The molecule has 0 aromatic heterocycles. The topological polar surface area (TPSA) is 88.2 Å². The molecule has 0 bridgehead atoms. The molecule has 1 aliphatic carbocycles. The molecule has 1 amide bonds. The van der Waals surface area contributed by atoms with Gasteiger partial charge < -0.3 is 20.6 Å². The molecular weight excluding hydrogens is 258 g/mol. The van der Waals surface area contributed by atoms with Crippen molar-refractivity contribution in [1.29, 1.82) is 0 Å². The highest BCUT2D eigenvalue weighted by Crippen LogP contribution is 2.40. The number of nitrogens with two attached hydrogens (primary N) is 1. The summed E-state index contributed by atoms with van der Waals surface area (Å²) >= 11 is 0. The molecule has 2 fully saturated rings. The van der Waals surface area contributed by atoms with E-state index in [2.05, 4.69) is 5.16 Å². The van der Waals surface area contributed by atoms with E-state index < -0.39 is 5.41 Å². The third-order valence-corrected chi connectivity index (χ3v) is 4.60. The average Bonchev–Trinajstić information content (AvgIpc) is 2.97. The highest BCUT2D eigenvalue weighted by molar-refractivity contribution is 6.06. The Balaban J connectivity index is 2.03. The summed E-state index contributed by atoms with van der Waals surface area (Å²) in [6.45, 7) is 2.22. The number of ether oxygens (including phenoxy) is 1. The van der Waals surface area contributed by atoms with Gasteiger partial charge in [-0.1, -0.05) is 18.0 Å². The standard InChI is InChI=1S/C14H25N3O3/c1-17(9-11-5-4-8-20-10-11)13(18)14(12(15)16-19)6-2-3-7-14/h11,19H,2-10H2,1H3,(H2,15,16). The summed E-state index contributed by atoms with van der Waals surface area (Å²) in [4.78, 5) is 14.5. The summed E-state index contributed by atoms with van der Waals surface area (Å²) in [5, 5.41) is 12.1. The molecule has 0 aromatic rings. The Morgan fingerprint density at radius 2 is 2.15 bits per heavy atom. The van der Waals surface area contributed by atoms with Crippen LogP contribution in [0.15, 0.2) is 5.16 Å². The number of oxime groups is 1. The first-order valence-electron chi connectivity index (χ1n) is 7.41. The predicted molar refractivity (Wildman–Crippen MR) is 75.5 cm³/mol. The zero-order valence-corrected chi connectivity index (χ0v) is 12.2. The number of rotatable bonds is 4. The van der Waals surface area contributed by atoms with Gasteiger partial charge in [-0.15, -0.1) is 0 Å². The highest BCUT2D eigenvalue weighted by atomic mass is 16.5. The number of carbonyl (C=O) groups is 1. The number of carbonyl (C=O) groups excluding carboxylic acids is 1. The molecule has 3 N–H and O–H groups in total. The van der Waals surface area contributed by atoms with Gasteiger partial charge in [-0.25, -0.2) is 0 Å². The first-order valence-corrected chi connectivity index (χ1v) is 7.41. The van der Waals surface area contributed by atoms with Crippen LogP contribution in [0.25, 0.3) is 0 Å². The summed E-state index contributed by atoms with van der Waals surface area (Å²) < 4.78 is 5.46. The number of hydrogen-bond donors (Lipinski definition) is 2. The van der Waals surface area contributed by atoms with Crippen molar-refractivity contribution >= 4 is 11.7 Å². The molecule has 6 nitrogen and oxygen atoms in total. The van der Waals surface area contributed by atoms with Crippen LogP contribution >= 0.6 is 0 Å². The maximum atomic E-state index is 12.8. The van der Waals surface area contributed by atoms with E-state index >= 15 is 0 Å². The predicted octanol–water partition coefficient (Wildman–Crippen LogP) is 1.18. The van der Waals surface area contributed by atoms with Crippen molar-refractivity contribution < 1.29 is 14.7 Å². The zero-order chi connectivity index (χ0) is 14.6. The van der Waals surface area contributed by atoms with Gasteiger partial charge in [0.05, 0.1) is 6.61 Å². The van der Waals surface area contributed by atoms with Crippen molar-refractivity contribution in [2.24, 2.45) is 22.2 Å². The molecule has 1 aliphatic heterocycles. The SMILES string of the molecule is CN(CC1CCCOC1)C(=O)C1(C(N)=NO)CCCC1. The van der Waals surface area contributed by atoms with Crippen LogP contribution in [0.2, 0.25) is 0 Å². The minimum absolute atomic E-state index is 0.0177. The first-order chi connectivity index (χ1) is 9.60. The van der Waals surface area contributed by atoms with Gasteiger partial charge in [-0.05, 0) is 31.6 Å². The van der Waals surface area contributed by atoms with Crippen LogP contribution in [0.4, 0.5) is 0 Å². The fourth-order valence-electron chi connectivity index (χ4n) is 3.44. The van der Waals surface area contributed by atoms with Crippen molar-refractivity contribution in [1.82, 2.24) is 4.90 Å². The molecular formula is C14H25N3O3. The van der Waals surface area contributed by atoms with Gasteiger partial charge in [0.15, 0.2) is 5.84 Å². The average molecular weight is 283 g/mol. The minimum atomic E-state index is -0.793. The zero-order valence-electron chi connectivity index (χ0n) is 12.2. The van der Waals surface area contributed by atoms with Crippen molar-refractivity contribution in [2.75, 3.05) is 26.8 Å². The molecule has 114 valence electrons. The smallest absolute Gasteiger partial charge is 0.236 e. The van der Waals surface area contributed by atoms with E-state index in [4.69, 9.17) is 15.7 Å². The molecule has 1 saturated heterocycles. The molecule has 6 heteroatoms. The lowest BCUT2D eigenvalue weighted by Gasteiger charge is -2.34. The van der Waals surface area contributed by atoms with Crippen molar-refractivity contribution in [3.8, 4) is 0 Å². The summed E-state index contributed by atoms with van der Waals surface area (Å²) in [5.41, 5.74) is 5.02. The Hall–Kier alpha value is -1.30. The van der Waals surface area contributed by atoms with Gasteiger partial charge in [0.2, 0.25) is 5.91 Å². The van der Waals surface area contributed by atoms with Crippen LogP contribution in [0.1, 0.15) is 38.5 Å². The van der Waals surface area contributed by atoms with E-state index in [1.165, 1.54) is 0 Å². The van der Waals surface area contributed by atoms with Crippen LogP contribution in [-0.4, -0.2) is 48.7 Å². The number of amidine groups is 1. The van der Waals surface area contributed by atoms with Gasteiger partial charge in [0.25, 0.3) is 0 Å². The Morgan fingerprint density at radius 1 is 1.45 bits per heavy atom. The monoisotopic (exact) mass is 283 g/mol. The normalized spacial score (nSPS) is 26.4. The molecule has 1 saturated carbocycles. The quantitative estimate of drug-likeness (QED) is 0.351. The molecule has 1 heterocycles. The van der Waals surface area contributed by atoms with Gasteiger partial charge in [-0.3, -0.25) is 4.79 Å². The van der Waals surface area contributed by atoms with Gasteiger partial charge in [0.1, 0.15) is 5.41 Å². The van der Waals surface area contributed by atoms with Crippen LogP contribution in [-0.2, 0) is 9.53 Å². The fourth-order valence-corrected chi connectivity index (χ4v) is 3.44. The van der Waals surface area contributed by atoms with Gasteiger partial charge >= 0.3 is 0 Å². The summed E-state index contributed by atoms with van der Waals surface area (Å²) in [7, 11) is 1.81. The van der Waals surface area contributed by atoms with Crippen LogP contribution < -0.4 is 5.73 Å². The molecule has 20 heavy (non-hydrogen) atoms. The molecule has 0 radical (unpaired) electrons. The van der Waals surface area contributed by atoms with E-state index in [1.807, 2.05) is 7.05 Å². The summed E-state index contributed by atoms with van der Waals surface area (Å²) in [6, 6.07) is 0. The lowest BCUT2D eigenvalue weighted by molar-refractivity contribution is -0.138. The van der Waals surface area contributed by atoms with E-state index in [0.29, 0.717) is 31.9 Å². The Bertz CT molecular complexity index is 372. The number of nitrogens with zero attached hydrogens (tertiary/aromatic N) is 2. The second kappa shape index (κ2) is 6.43. The molecule has 1 atom stereocenters. The number of amides is 1. The van der Waals surface area contributed by atoms with Crippen LogP contribution in [0.5, 0.6) is 0 Å². The van der Waals surface area contributed by atoms with Crippen LogP contribution in [0, 0.1) is 11.3 Å². The summed E-state index contributed by atoms with van der Waals surface area (Å²) in [6.07, 6.45) is 5.39. The second-order valence-corrected chi connectivity index (χ2v) is 6.04. The minimum Gasteiger partial charge on any atom is -0.409 e. The van der Waals surface area contributed by atoms with Gasteiger partial charge in [0, 0.05) is 20.2 Å². The Kier molecular flexibility index (Phi) is 4.86. The van der Waals surface area contributed by atoms with E-state index in [0.717, 1.165) is 32.3 Å². The fraction of sp³-hybridized carbons (Fsp3) is 0.857. The Morgan fingerprint density at radius 3 is 2.70 bits per heavy atom. The number of hydrogen-bond acceptors (Lipinski definition) is 4. The molecule has 2 aliphatic rings. The van der Waals surface area contributed by atoms with E-state index in [-0.39, 0.29) is 11.7 Å². The molecule has 0 spiro atoms. The van der Waals surface area contributed by atoms with Crippen molar-refractivity contribution in [3.63, 3.8) is 0 Å². The summed E-state index contributed by atoms with van der Waals surface area (Å²) in [5.74, 6) is 0.436. The molecule has 0 aromatic carbocycles. The van der Waals surface area contributed by atoms with Gasteiger partial charge in [-0.2, -0.15) is 0 Å². The highest BCUT2D eigenvalue weighted by Gasteiger charge is 2.47. The van der Waals surface area contributed by atoms with Crippen molar-refractivity contribution in [2.45, 2.75) is 38.5 Å². The maximum absolute atomic E-state index is 12.8. The van der Waals surface area contributed by atoms with E-state index in [1.54, 1.807) is 4.90 Å². The molecule has 1 unspecified atom stereocenters. The van der Waals surface area contributed by atoms with Crippen molar-refractivity contribution in [3.05, 3.63) is 0 Å². The Labute approximate surface area is 119 Å². The second-order valence-electron chi connectivity index (χ2n) is 6.04. The lowest BCUT2D eigenvalue weighted by Crippen LogP contribution is -2.50. The third-order valence-electron chi connectivity index (χ3n) is 4.60.